The number of carbonyl (C=O) groups excluding carboxylic acids is 1. The number of hydrogen-bond donors (Lipinski definition) is 2. The summed E-state index contributed by atoms with van der Waals surface area (Å²) in [6.45, 7) is 8.02. The standard InChI is InChI=1S/C19H26N4O.C2HF3O2/c1-3-22(4-2)14-15-9-5-6-11-17(15)21-19(24)18-20-13-16-10-7-8-12-23(16)18;3-2(4,5)1(6)7/h5-6,9,11,13H,3-4,7-8,10,12,14H2,1-2H3,(H,21,24);(H,6,7). The quantitative estimate of drug-likeness (QED) is 0.710. The Morgan fingerprint density at radius 1 is 1.19 bits per heavy atom. The van der Waals surface area contributed by atoms with Gasteiger partial charge in [0.2, 0.25) is 0 Å². The van der Waals surface area contributed by atoms with Crippen molar-refractivity contribution in [1.29, 1.82) is 0 Å². The van der Waals surface area contributed by atoms with E-state index in [1.54, 1.807) is 0 Å². The normalized spacial score (nSPS) is 13.2. The number of fused-ring (bicyclic) bond motifs is 1. The van der Waals surface area contributed by atoms with Gasteiger partial charge in [-0.05, 0) is 44.0 Å². The van der Waals surface area contributed by atoms with Crippen LogP contribution in [-0.4, -0.2) is 50.7 Å². The Balaban J connectivity index is 0.000000423. The molecular formula is C21H27F3N4O3. The molecule has 7 nitrogen and oxygen atoms in total. The van der Waals surface area contributed by atoms with Crippen molar-refractivity contribution in [3.8, 4) is 0 Å². The van der Waals surface area contributed by atoms with Crippen molar-refractivity contribution in [3.63, 3.8) is 0 Å². The zero-order valence-electron chi connectivity index (χ0n) is 17.6. The van der Waals surface area contributed by atoms with Gasteiger partial charge in [-0.25, -0.2) is 9.78 Å². The predicted molar refractivity (Wildman–Crippen MR) is 110 cm³/mol. The average Bonchev–Trinajstić information content (AvgIpc) is 3.17. The van der Waals surface area contributed by atoms with E-state index < -0.39 is 12.1 Å². The highest BCUT2D eigenvalue weighted by Gasteiger charge is 2.38. The molecule has 1 amide bonds. The second-order valence-electron chi connectivity index (χ2n) is 7.06. The van der Waals surface area contributed by atoms with Gasteiger partial charge in [-0.15, -0.1) is 0 Å². The number of imidazole rings is 1. The molecule has 0 bridgehead atoms. The van der Waals surface area contributed by atoms with Gasteiger partial charge in [0.25, 0.3) is 5.91 Å². The van der Waals surface area contributed by atoms with E-state index in [1.165, 1.54) is 12.1 Å². The van der Waals surface area contributed by atoms with Gasteiger partial charge in [0, 0.05) is 30.7 Å². The summed E-state index contributed by atoms with van der Waals surface area (Å²) in [5.41, 5.74) is 3.19. The van der Waals surface area contributed by atoms with Crippen LogP contribution in [0, 0.1) is 0 Å². The smallest absolute Gasteiger partial charge is 0.475 e. The number of alkyl halides is 3. The molecule has 1 aliphatic rings. The average molecular weight is 440 g/mol. The number of carboxylic acids is 1. The number of aromatic nitrogens is 2. The van der Waals surface area contributed by atoms with Gasteiger partial charge in [0.15, 0.2) is 5.82 Å². The summed E-state index contributed by atoms with van der Waals surface area (Å²) in [4.78, 5) is 28.3. The Morgan fingerprint density at radius 2 is 1.84 bits per heavy atom. The van der Waals surface area contributed by atoms with Crippen LogP contribution in [-0.2, 0) is 24.3 Å². The molecule has 0 saturated carbocycles. The number of para-hydroxylation sites is 1. The van der Waals surface area contributed by atoms with Crippen LogP contribution in [0.25, 0.3) is 0 Å². The highest BCUT2D eigenvalue weighted by Crippen LogP contribution is 2.20. The van der Waals surface area contributed by atoms with E-state index in [0.717, 1.165) is 50.3 Å². The fourth-order valence-corrected chi connectivity index (χ4v) is 3.26. The van der Waals surface area contributed by atoms with Gasteiger partial charge in [-0.2, -0.15) is 13.2 Å². The van der Waals surface area contributed by atoms with E-state index in [4.69, 9.17) is 9.90 Å². The topological polar surface area (TPSA) is 87.5 Å². The molecular weight excluding hydrogens is 413 g/mol. The van der Waals surface area contributed by atoms with Crippen LogP contribution in [0.4, 0.5) is 18.9 Å². The van der Waals surface area contributed by atoms with Gasteiger partial charge in [0.05, 0.1) is 0 Å². The van der Waals surface area contributed by atoms with E-state index in [-0.39, 0.29) is 5.91 Å². The zero-order valence-corrected chi connectivity index (χ0v) is 17.6. The number of carboxylic acid groups (broad SMARTS) is 1. The lowest BCUT2D eigenvalue weighted by molar-refractivity contribution is -0.192. The Hall–Kier alpha value is -2.88. The molecule has 170 valence electrons. The van der Waals surface area contributed by atoms with E-state index in [2.05, 4.69) is 39.7 Å². The number of halogens is 3. The molecule has 3 rings (SSSR count). The molecule has 0 saturated heterocycles. The second kappa shape index (κ2) is 10.9. The lowest BCUT2D eigenvalue weighted by Crippen LogP contribution is -2.24. The van der Waals surface area contributed by atoms with Gasteiger partial charge >= 0.3 is 12.1 Å². The largest absolute Gasteiger partial charge is 0.490 e. The van der Waals surface area contributed by atoms with Gasteiger partial charge < -0.3 is 15.0 Å². The van der Waals surface area contributed by atoms with Crippen LogP contribution >= 0.6 is 0 Å². The van der Waals surface area contributed by atoms with Crippen LogP contribution in [0.1, 0.15) is 48.6 Å². The second-order valence-corrected chi connectivity index (χ2v) is 7.06. The third kappa shape index (κ3) is 6.81. The van der Waals surface area contributed by atoms with Crippen LogP contribution in [0.3, 0.4) is 0 Å². The number of aryl methyl sites for hydroxylation is 1. The first kappa shape index (κ1) is 24.4. The zero-order chi connectivity index (χ0) is 23.0. The molecule has 0 aliphatic carbocycles. The van der Waals surface area contributed by atoms with Crippen LogP contribution < -0.4 is 5.32 Å². The molecule has 1 aliphatic heterocycles. The number of rotatable bonds is 6. The van der Waals surface area contributed by atoms with Crippen LogP contribution in [0.15, 0.2) is 30.5 Å². The summed E-state index contributed by atoms with van der Waals surface area (Å²) in [6, 6.07) is 8.03. The SMILES string of the molecule is CCN(CC)Cc1ccccc1NC(=O)c1ncc2n1CCCC2.O=C(O)C(F)(F)F. The van der Waals surface area contributed by atoms with Crippen molar-refractivity contribution < 1.29 is 27.9 Å². The number of nitrogens with zero attached hydrogens (tertiary/aromatic N) is 3. The van der Waals surface area contributed by atoms with E-state index in [1.807, 2.05) is 24.4 Å². The van der Waals surface area contributed by atoms with Crippen LogP contribution in [0.2, 0.25) is 0 Å². The van der Waals surface area contributed by atoms with Gasteiger partial charge in [-0.1, -0.05) is 32.0 Å². The third-order valence-electron chi connectivity index (χ3n) is 5.00. The molecule has 1 aromatic heterocycles. The summed E-state index contributed by atoms with van der Waals surface area (Å²) in [7, 11) is 0. The number of benzene rings is 1. The molecule has 0 radical (unpaired) electrons. The molecule has 31 heavy (non-hydrogen) atoms. The number of aliphatic carboxylic acids is 1. The Bertz CT molecular complexity index is 892. The molecule has 0 unspecified atom stereocenters. The monoisotopic (exact) mass is 440 g/mol. The summed E-state index contributed by atoms with van der Waals surface area (Å²) >= 11 is 0. The third-order valence-corrected chi connectivity index (χ3v) is 5.00. The van der Waals surface area contributed by atoms with E-state index in [0.29, 0.717) is 5.82 Å². The number of hydrogen-bond acceptors (Lipinski definition) is 4. The van der Waals surface area contributed by atoms with Crippen molar-refractivity contribution in [2.45, 2.75) is 52.4 Å². The lowest BCUT2D eigenvalue weighted by Gasteiger charge is -2.20. The van der Waals surface area contributed by atoms with Gasteiger partial charge in [0.1, 0.15) is 0 Å². The molecule has 2 heterocycles. The van der Waals surface area contributed by atoms with Crippen molar-refractivity contribution >= 4 is 17.6 Å². The lowest BCUT2D eigenvalue weighted by atomic mass is 10.1. The first-order valence-corrected chi connectivity index (χ1v) is 10.1. The van der Waals surface area contributed by atoms with Crippen molar-refractivity contribution in [3.05, 3.63) is 47.5 Å². The highest BCUT2D eigenvalue weighted by molar-refractivity contribution is 6.02. The maximum absolute atomic E-state index is 12.7. The predicted octanol–water partition coefficient (Wildman–Crippen LogP) is 3.95. The minimum atomic E-state index is -5.08. The van der Waals surface area contributed by atoms with E-state index in [9.17, 15) is 18.0 Å². The molecule has 2 aromatic rings. The van der Waals surface area contributed by atoms with Crippen molar-refractivity contribution in [1.82, 2.24) is 14.5 Å². The van der Waals surface area contributed by atoms with E-state index >= 15 is 0 Å². The molecule has 0 fully saturated rings. The maximum atomic E-state index is 12.7. The maximum Gasteiger partial charge on any atom is 0.490 e. The summed E-state index contributed by atoms with van der Waals surface area (Å²) in [6.07, 6.45) is 0.0658. The number of nitrogens with one attached hydrogen (secondary N) is 1. The first-order chi connectivity index (χ1) is 14.7. The van der Waals surface area contributed by atoms with Crippen molar-refractivity contribution in [2.75, 3.05) is 18.4 Å². The highest BCUT2D eigenvalue weighted by atomic mass is 19.4. The Kier molecular flexibility index (Phi) is 8.61. The molecule has 0 atom stereocenters. The van der Waals surface area contributed by atoms with Crippen LogP contribution in [0.5, 0.6) is 0 Å². The summed E-state index contributed by atoms with van der Waals surface area (Å²) in [5.74, 6) is -2.34. The molecule has 10 heteroatoms. The minimum Gasteiger partial charge on any atom is -0.475 e. The molecule has 0 spiro atoms. The first-order valence-electron chi connectivity index (χ1n) is 10.1. The number of anilines is 1. The minimum absolute atomic E-state index is 0.116. The molecule has 1 aromatic carbocycles. The molecule has 2 N–H and O–H groups in total. The fourth-order valence-electron chi connectivity index (χ4n) is 3.26. The van der Waals surface area contributed by atoms with Crippen molar-refractivity contribution in [2.24, 2.45) is 0 Å². The fraction of sp³-hybridized carbons (Fsp3) is 0.476. The summed E-state index contributed by atoms with van der Waals surface area (Å²) in [5, 5.41) is 10.2. The number of amides is 1. The van der Waals surface area contributed by atoms with Gasteiger partial charge in [-0.3, -0.25) is 9.69 Å². The summed E-state index contributed by atoms with van der Waals surface area (Å²) < 4.78 is 33.8. The number of carbonyl (C=O) groups is 2. The Morgan fingerprint density at radius 3 is 2.45 bits per heavy atom. The Labute approximate surface area is 178 Å².